The fourth-order valence-electron chi connectivity index (χ4n) is 3.02. The number of hydrogen-bond donors (Lipinski definition) is 1. The Balaban J connectivity index is 1.64. The number of hydrogen-bond acceptors (Lipinski definition) is 6. The van der Waals surface area contributed by atoms with E-state index in [0.29, 0.717) is 12.2 Å². The summed E-state index contributed by atoms with van der Waals surface area (Å²) in [6, 6.07) is 15.7. The van der Waals surface area contributed by atoms with Gasteiger partial charge < -0.3 is 10.1 Å². The molecule has 6 heteroatoms. The number of aromatic nitrogens is 2. The van der Waals surface area contributed by atoms with Crippen LogP contribution in [0.5, 0.6) is 0 Å². The zero-order chi connectivity index (χ0) is 20.2. The highest BCUT2D eigenvalue weighted by Crippen LogP contribution is 2.37. The lowest BCUT2D eigenvalue weighted by Gasteiger charge is -2.09. The standard InChI is InChI=1S/C23H21N3O2S/c1-3-12-28-23(27)17-8-10-18(11-9-17)26-21-20-19(13-29-22(20)25-14-24-21)16-6-4-15(2)5-7-16/h4-11,13-14H,3,12H2,1-2H3,(H,24,25,26). The number of thiophene rings is 1. The number of ether oxygens (including phenoxy) is 1. The van der Waals surface area contributed by atoms with E-state index in [9.17, 15) is 4.79 Å². The molecule has 4 aromatic rings. The summed E-state index contributed by atoms with van der Waals surface area (Å²) in [5.74, 6) is 0.440. The maximum absolute atomic E-state index is 12.0. The zero-order valence-corrected chi connectivity index (χ0v) is 17.1. The van der Waals surface area contributed by atoms with Gasteiger partial charge in [-0.1, -0.05) is 36.8 Å². The first-order chi connectivity index (χ1) is 14.2. The van der Waals surface area contributed by atoms with Gasteiger partial charge in [0.1, 0.15) is 17.0 Å². The predicted molar refractivity (Wildman–Crippen MR) is 118 cm³/mol. The summed E-state index contributed by atoms with van der Waals surface area (Å²) in [6.45, 7) is 4.48. The van der Waals surface area contributed by atoms with Crippen molar-refractivity contribution in [3.8, 4) is 11.1 Å². The third-order valence-electron chi connectivity index (χ3n) is 4.55. The lowest BCUT2D eigenvalue weighted by molar-refractivity contribution is 0.0505. The van der Waals surface area contributed by atoms with E-state index in [1.165, 1.54) is 5.56 Å². The van der Waals surface area contributed by atoms with Crippen LogP contribution >= 0.6 is 11.3 Å². The molecule has 0 amide bonds. The van der Waals surface area contributed by atoms with Crippen molar-refractivity contribution in [3.63, 3.8) is 0 Å². The van der Waals surface area contributed by atoms with Gasteiger partial charge in [0.2, 0.25) is 0 Å². The van der Waals surface area contributed by atoms with Crippen molar-refractivity contribution in [1.29, 1.82) is 0 Å². The molecule has 0 aliphatic rings. The summed E-state index contributed by atoms with van der Waals surface area (Å²) < 4.78 is 5.18. The number of nitrogens with zero attached hydrogens (tertiary/aromatic N) is 2. The maximum atomic E-state index is 12.0. The summed E-state index contributed by atoms with van der Waals surface area (Å²) in [5, 5.41) is 6.47. The molecule has 0 bridgehead atoms. The number of anilines is 2. The van der Waals surface area contributed by atoms with E-state index < -0.39 is 0 Å². The average molecular weight is 404 g/mol. The molecular weight excluding hydrogens is 382 g/mol. The summed E-state index contributed by atoms with van der Waals surface area (Å²) >= 11 is 1.60. The Morgan fingerprint density at radius 3 is 2.55 bits per heavy atom. The number of carbonyl (C=O) groups excluding carboxylic acids is 1. The molecule has 1 N–H and O–H groups in total. The Morgan fingerprint density at radius 2 is 1.83 bits per heavy atom. The Morgan fingerprint density at radius 1 is 1.07 bits per heavy atom. The molecule has 29 heavy (non-hydrogen) atoms. The van der Waals surface area contributed by atoms with E-state index in [1.807, 2.05) is 19.1 Å². The van der Waals surface area contributed by atoms with Crippen LogP contribution in [0.2, 0.25) is 0 Å². The summed E-state index contributed by atoms with van der Waals surface area (Å²) in [5.41, 5.74) is 4.84. The third kappa shape index (κ3) is 4.12. The largest absolute Gasteiger partial charge is 0.462 e. The van der Waals surface area contributed by atoms with Gasteiger partial charge in [0.05, 0.1) is 17.6 Å². The van der Waals surface area contributed by atoms with Crippen LogP contribution in [-0.4, -0.2) is 22.5 Å². The molecule has 0 aliphatic carbocycles. The minimum Gasteiger partial charge on any atom is -0.462 e. The molecule has 0 spiro atoms. The highest BCUT2D eigenvalue weighted by atomic mass is 32.1. The minimum absolute atomic E-state index is 0.303. The fraction of sp³-hybridized carbons (Fsp3) is 0.174. The van der Waals surface area contributed by atoms with Gasteiger partial charge in [-0.15, -0.1) is 11.3 Å². The molecule has 0 unspecified atom stereocenters. The Labute approximate surface area is 173 Å². The SMILES string of the molecule is CCCOC(=O)c1ccc(Nc2ncnc3scc(-c4ccc(C)cc4)c23)cc1. The molecule has 0 radical (unpaired) electrons. The molecule has 5 nitrogen and oxygen atoms in total. The average Bonchev–Trinajstić information content (AvgIpc) is 3.18. The highest BCUT2D eigenvalue weighted by Gasteiger charge is 2.14. The monoisotopic (exact) mass is 403 g/mol. The normalized spacial score (nSPS) is 10.8. The van der Waals surface area contributed by atoms with Crippen LogP contribution in [0, 0.1) is 6.92 Å². The van der Waals surface area contributed by atoms with Gasteiger partial charge in [-0.05, 0) is 43.2 Å². The lowest BCUT2D eigenvalue weighted by Crippen LogP contribution is -2.05. The number of benzene rings is 2. The molecular formula is C23H21N3O2S. The molecule has 2 heterocycles. The van der Waals surface area contributed by atoms with Crippen LogP contribution in [0.4, 0.5) is 11.5 Å². The van der Waals surface area contributed by atoms with Gasteiger partial charge in [0, 0.05) is 16.6 Å². The van der Waals surface area contributed by atoms with Gasteiger partial charge in [0.25, 0.3) is 0 Å². The minimum atomic E-state index is -0.303. The first-order valence-corrected chi connectivity index (χ1v) is 10.4. The lowest BCUT2D eigenvalue weighted by atomic mass is 10.0. The third-order valence-corrected chi connectivity index (χ3v) is 5.44. The molecule has 2 aromatic heterocycles. The number of rotatable bonds is 6. The van der Waals surface area contributed by atoms with Crippen LogP contribution in [0.1, 0.15) is 29.3 Å². The van der Waals surface area contributed by atoms with Gasteiger partial charge in [-0.25, -0.2) is 14.8 Å². The van der Waals surface area contributed by atoms with Crippen LogP contribution in [-0.2, 0) is 4.74 Å². The van der Waals surface area contributed by atoms with Crippen molar-refractivity contribution >= 4 is 39.0 Å². The van der Waals surface area contributed by atoms with Crippen molar-refractivity contribution in [3.05, 3.63) is 71.4 Å². The maximum Gasteiger partial charge on any atom is 0.338 e. The van der Waals surface area contributed by atoms with Crippen molar-refractivity contribution in [2.45, 2.75) is 20.3 Å². The van der Waals surface area contributed by atoms with Gasteiger partial charge in [-0.2, -0.15) is 0 Å². The summed E-state index contributed by atoms with van der Waals surface area (Å²) in [7, 11) is 0. The van der Waals surface area contributed by atoms with Crippen molar-refractivity contribution < 1.29 is 9.53 Å². The second kappa shape index (κ2) is 8.41. The van der Waals surface area contributed by atoms with Crippen LogP contribution in [0.15, 0.2) is 60.2 Å². The Hall–Kier alpha value is -3.25. The highest BCUT2D eigenvalue weighted by molar-refractivity contribution is 7.17. The molecule has 2 aromatic carbocycles. The van der Waals surface area contributed by atoms with E-state index in [1.54, 1.807) is 29.8 Å². The Bertz CT molecular complexity index is 1140. The molecule has 0 saturated heterocycles. The number of carbonyl (C=O) groups is 1. The number of fused-ring (bicyclic) bond motifs is 1. The van der Waals surface area contributed by atoms with Crippen LogP contribution in [0.25, 0.3) is 21.3 Å². The summed E-state index contributed by atoms with van der Waals surface area (Å²) in [4.78, 5) is 21.8. The van der Waals surface area contributed by atoms with E-state index >= 15 is 0 Å². The molecule has 0 fully saturated rings. The molecule has 146 valence electrons. The van der Waals surface area contributed by atoms with Crippen LogP contribution in [0.3, 0.4) is 0 Å². The molecule has 0 aliphatic heterocycles. The van der Waals surface area contributed by atoms with Gasteiger partial charge in [0.15, 0.2) is 0 Å². The predicted octanol–water partition coefficient (Wildman–Crippen LogP) is 5.98. The van der Waals surface area contributed by atoms with Crippen molar-refractivity contribution in [2.75, 3.05) is 11.9 Å². The quantitative estimate of drug-likeness (QED) is 0.401. The second-order valence-electron chi connectivity index (χ2n) is 6.76. The van der Waals surface area contributed by atoms with Gasteiger partial charge >= 0.3 is 5.97 Å². The van der Waals surface area contributed by atoms with E-state index in [2.05, 4.69) is 51.9 Å². The number of nitrogens with one attached hydrogen (secondary N) is 1. The molecule has 0 atom stereocenters. The summed E-state index contributed by atoms with van der Waals surface area (Å²) in [6.07, 6.45) is 2.37. The first kappa shape index (κ1) is 19.1. The van der Waals surface area contributed by atoms with E-state index in [0.717, 1.165) is 39.3 Å². The topological polar surface area (TPSA) is 64.1 Å². The smallest absolute Gasteiger partial charge is 0.338 e. The fourth-order valence-corrected chi connectivity index (χ4v) is 3.94. The Kier molecular flexibility index (Phi) is 5.53. The number of esters is 1. The molecule has 0 saturated carbocycles. The van der Waals surface area contributed by atoms with Gasteiger partial charge in [-0.3, -0.25) is 0 Å². The van der Waals surface area contributed by atoms with Crippen LogP contribution < -0.4 is 5.32 Å². The zero-order valence-electron chi connectivity index (χ0n) is 16.3. The van der Waals surface area contributed by atoms with Crippen molar-refractivity contribution in [1.82, 2.24) is 9.97 Å². The van der Waals surface area contributed by atoms with Crippen molar-refractivity contribution in [2.24, 2.45) is 0 Å². The first-order valence-electron chi connectivity index (χ1n) is 9.49. The van der Waals surface area contributed by atoms with E-state index in [-0.39, 0.29) is 5.97 Å². The number of aryl methyl sites for hydroxylation is 1. The van der Waals surface area contributed by atoms with E-state index in [4.69, 9.17) is 4.74 Å². The second-order valence-corrected chi connectivity index (χ2v) is 7.61. The molecule has 4 rings (SSSR count).